The van der Waals surface area contributed by atoms with E-state index in [9.17, 15) is 14.9 Å². The van der Waals surface area contributed by atoms with Crippen molar-refractivity contribution in [3.05, 3.63) is 27.9 Å². The van der Waals surface area contributed by atoms with Crippen molar-refractivity contribution < 1.29 is 9.72 Å². The van der Waals surface area contributed by atoms with Crippen LogP contribution < -0.4 is 5.32 Å². The molecule has 1 atom stereocenters. The number of aromatic nitrogens is 1. The van der Waals surface area contributed by atoms with Crippen LogP contribution in [0.2, 0.25) is 0 Å². The first-order chi connectivity index (χ1) is 8.84. The third kappa shape index (κ3) is 3.56. The fourth-order valence-corrected chi connectivity index (χ4v) is 2.66. The Bertz CT molecular complexity index is 487. The number of carbonyl (C=O) groups is 1. The van der Waals surface area contributed by atoms with Crippen LogP contribution in [0, 0.1) is 10.1 Å². The standard InChI is InChI=1S/C12H18BrN3O3/c1-4-12(2,7-8-13)14-11(17)9-5-6-10(15(9)3)16(18)19/h5-6H,4,7-8H2,1-3H3,(H,14,17). The van der Waals surface area contributed by atoms with Crippen molar-refractivity contribution in [1.29, 1.82) is 0 Å². The molecular weight excluding hydrogens is 314 g/mol. The van der Waals surface area contributed by atoms with Crippen molar-refractivity contribution in [3.63, 3.8) is 0 Å². The zero-order chi connectivity index (χ0) is 14.6. The second-order valence-corrected chi connectivity index (χ2v) is 5.49. The number of rotatable bonds is 6. The summed E-state index contributed by atoms with van der Waals surface area (Å²) in [5, 5.41) is 14.5. The Balaban J connectivity index is 2.92. The van der Waals surface area contributed by atoms with E-state index >= 15 is 0 Å². The van der Waals surface area contributed by atoms with E-state index < -0.39 is 4.92 Å². The van der Waals surface area contributed by atoms with Crippen molar-refractivity contribution in [2.24, 2.45) is 7.05 Å². The summed E-state index contributed by atoms with van der Waals surface area (Å²) in [6, 6.07) is 2.81. The van der Waals surface area contributed by atoms with E-state index in [1.807, 2.05) is 13.8 Å². The van der Waals surface area contributed by atoms with E-state index in [-0.39, 0.29) is 17.3 Å². The highest BCUT2D eigenvalue weighted by Crippen LogP contribution is 2.19. The smallest absolute Gasteiger partial charge is 0.323 e. The van der Waals surface area contributed by atoms with Crippen molar-refractivity contribution in [2.75, 3.05) is 5.33 Å². The highest BCUT2D eigenvalue weighted by atomic mass is 79.9. The van der Waals surface area contributed by atoms with Gasteiger partial charge in [-0.2, -0.15) is 0 Å². The second-order valence-electron chi connectivity index (χ2n) is 4.70. The van der Waals surface area contributed by atoms with E-state index in [4.69, 9.17) is 0 Å². The summed E-state index contributed by atoms with van der Waals surface area (Å²) < 4.78 is 1.29. The van der Waals surface area contributed by atoms with Gasteiger partial charge in [-0.05, 0) is 30.8 Å². The fraction of sp³-hybridized carbons (Fsp3) is 0.583. The summed E-state index contributed by atoms with van der Waals surface area (Å²) in [7, 11) is 1.51. The van der Waals surface area contributed by atoms with Crippen LogP contribution in [0.1, 0.15) is 37.2 Å². The predicted molar refractivity (Wildman–Crippen MR) is 76.6 cm³/mol. The van der Waals surface area contributed by atoms with Gasteiger partial charge in [-0.1, -0.05) is 22.9 Å². The highest BCUT2D eigenvalue weighted by molar-refractivity contribution is 9.09. The Morgan fingerprint density at radius 3 is 2.63 bits per heavy atom. The summed E-state index contributed by atoms with van der Waals surface area (Å²) in [6.45, 7) is 3.96. The molecule has 1 heterocycles. The number of nitro groups is 1. The van der Waals surface area contributed by atoms with E-state index in [1.54, 1.807) is 0 Å². The van der Waals surface area contributed by atoms with Gasteiger partial charge in [0.2, 0.25) is 0 Å². The maximum Gasteiger partial charge on any atom is 0.323 e. The van der Waals surface area contributed by atoms with Crippen molar-refractivity contribution in [2.45, 2.75) is 32.2 Å². The predicted octanol–water partition coefficient (Wildman–Crippen LogP) is 2.62. The molecule has 0 saturated carbocycles. The number of nitrogens with one attached hydrogen (secondary N) is 1. The number of hydrogen-bond donors (Lipinski definition) is 1. The highest BCUT2D eigenvalue weighted by Gasteiger charge is 2.28. The van der Waals surface area contributed by atoms with Gasteiger partial charge < -0.3 is 15.4 Å². The molecule has 19 heavy (non-hydrogen) atoms. The summed E-state index contributed by atoms with van der Waals surface area (Å²) >= 11 is 3.36. The second kappa shape index (κ2) is 6.18. The SMILES string of the molecule is CCC(C)(CCBr)NC(=O)c1ccc([N+](=O)[O-])n1C. The van der Waals surface area contributed by atoms with Crippen LogP contribution in [0.25, 0.3) is 0 Å². The average Bonchev–Trinajstić information content (AvgIpc) is 2.71. The van der Waals surface area contributed by atoms with Gasteiger partial charge in [-0.15, -0.1) is 0 Å². The third-order valence-electron chi connectivity index (χ3n) is 3.36. The molecule has 7 heteroatoms. The van der Waals surface area contributed by atoms with Crippen LogP contribution in [0.3, 0.4) is 0 Å². The normalized spacial score (nSPS) is 13.9. The van der Waals surface area contributed by atoms with Crippen LogP contribution in [0.4, 0.5) is 5.82 Å². The Morgan fingerprint density at radius 2 is 2.21 bits per heavy atom. The largest absolute Gasteiger partial charge is 0.358 e. The molecule has 1 rings (SSSR count). The Kier molecular flexibility index (Phi) is 5.11. The van der Waals surface area contributed by atoms with Crippen LogP contribution in [0.5, 0.6) is 0 Å². The number of nitrogens with zero attached hydrogens (tertiary/aromatic N) is 2. The molecular formula is C12H18BrN3O3. The first-order valence-electron chi connectivity index (χ1n) is 6.03. The van der Waals surface area contributed by atoms with Crippen molar-refractivity contribution >= 4 is 27.7 Å². The van der Waals surface area contributed by atoms with Gasteiger partial charge in [-0.3, -0.25) is 4.79 Å². The molecule has 0 aliphatic carbocycles. The Morgan fingerprint density at radius 1 is 1.58 bits per heavy atom. The van der Waals surface area contributed by atoms with Gasteiger partial charge in [0.1, 0.15) is 0 Å². The molecule has 0 saturated heterocycles. The average molecular weight is 332 g/mol. The number of carbonyl (C=O) groups excluding carboxylic acids is 1. The Labute approximate surface area is 120 Å². The van der Waals surface area contributed by atoms with Gasteiger partial charge in [-0.25, -0.2) is 4.57 Å². The van der Waals surface area contributed by atoms with Crippen LogP contribution >= 0.6 is 15.9 Å². The quantitative estimate of drug-likeness (QED) is 0.494. The molecule has 1 amide bonds. The van der Waals surface area contributed by atoms with Gasteiger partial charge in [0.25, 0.3) is 5.91 Å². The monoisotopic (exact) mass is 331 g/mol. The molecule has 0 radical (unpaired) electrons. The van der Waals surface area contributed by atoms with Crippen molar-refractivity contribution in [1.82, 2.24) is 9.88 Å². The van der Waals surface area contributed by atoms with E-state index in [1.165, 1.54) is 23.7 Å². The van der Waals surface area contributed by atoms with Gasteiger partial charge in [0.05, 0.1) is 7.05 Å². The lowest BCUT2D eigenvalue weighted by atomic mass is 9.95. The lowest BCUT2D eigenvalue weighted by molar-refractivity contribution is -0.391. The van der Waals surface area contributed by atoms with Gasteiger partial charge >= 0.3 is 5.82 Å². The number of amides is 1. The van der Waals surface area contributed by atoms with Crippen LogP contribution in [-0.4, -0.2) is 26.3 Å². The molecule has 1 unspecified atom stereocenters. The zero-order valence-corrected chi connectivity index (χ0v) is 12.9. The van der Waals surface area contributed by atoms with E-state index in [0.29, 0.717) is 5.69 Å². The maximum absolute atomic E-state index is 12.2. The summed E-state index contributed by atoms with van der Waals surface area (Å²) in [5.74, 6) is -0.384. The van der Waals surface area contributed by atoms with Gasteiger partial charge in [0, 0.05) is 16.9 Å². The van der Waals surface area contributed by atoms with Crippen molar-refractivity contribution in [3.8, 4) is 0 Å². The molecule has 0 bridgehead atoms. The first-order valence-corrected chi connectivity index (χ1v) is 7.15. The van der Waals surface area contributed by atoms with E-state index in [2.05, 4.69) is 21.2 Å². The summed E-state index contributed by atoms with van der Waals surface area (Å²) in [4.78, 5) is 22.4. The van der Waals surface area contributed by atoms with Crippen LogP contribution in [0.15, 0.2) is 12.1 Å². The maximum atomic E-state index is 12.2. The molecule has 106 valence electrons. The lowest BCUT2D eigenvalue weighted by Crippen LogP contribution is -2.46. The molecule has 0 aromatic carbocycles. The topological polar surface area (TPSA) is 77.2 Å². The van der Waals surface area contributed by atoms with Gasteiger partial charge in [0.15, 0.2) is 5.69 Å². The Hall–Kier alpha value is -1.37. The number of hydrogen-bond acceptors (Lipinski definition) is 3. The lowest BCUT2D eigenvalue weighted by Gasteiger charge is -2.28. The summed E-state index contributed by atoms with van der Waals surface area (Å²) in [6.07, 6.45) is 1.58. The first kappa shape index (κ1) is 15.7. The molecule has 1 aromatic rings. The molecule has 0 aliphatic rings. The molecule has 6 nitrogen and oxygen atoms in total. The van der Waals surface area contributed by atoms with E-state index in [0.717, 1.165) is 18.2 Å². The summed E-state index contributed by atoms with van der Waals surface area (Å²) in [5.41, 5.74) is -0.0273. The molecule has 0 fully saturated rings. The molecule has 1 N–H and O–H groups in total. The zero-order valence-electron chi connectivity index (χ0n) is 11.3. The van der Waals surface area contributed by atoms with Crippen LogP contribution in [-0.2, 0) is 7.05 Å². The molecule has 0 spiro atoms. The minimum Gasteiger partial charge on any atom is -0.358 e. The number of halogens is 1. The minimum absolute atomic E-state index is 0.0937. The molecule has 0 aliphatic heterocycles. The third-order valence-corrected chi connectivity index (χ3v) is 3.75. The number of alkyl halides is 1. The fourth-order valence-electron chi connectivity index (χ4n) is 1.79. The molecule has 1 aromatic heterocycles. The minimum atomic E-state index is -0.506.